The molecule has 24 nitrogen and oxygen atoms in total. The number of carbonyl (C=O) groups excluding carboxylic acids is 3. The maximum absolute atomic E-state index is 13.5. The molecule has 0 bridgehead atoms. The first-order valence-corrected chi connectivity index (χ1v) is 33.3. The van der Waals surface area contributed by atoms with E-state index in [1.165, 1.54) is 26.9 Å². The Balaban J connectivity index is 0.000000150. The number of hydrogen-bond acceptors (Lipinski definition) is 18. The smallest absolute Gasteiger partial charge is 0.433 e. The van der Waals surface area contributed by atoms with E-state index in [9.17, 15) is 54.7 Å². The van der Waals surface area contributed by atoms with Crippen molar-refractivity contribution in [3.8, 4) is 24.0 Å². The lowest BCUT2D eigenvalue weighted by molar-refractivity contribution is -0.402. The van der Waals surface area contributed by atoms with E-state index < -0.39 is 16.7 Å². The van der Waals surface area contributed by atoms with Crippen LogP contribution in [0.1, 0.15) is 59.3 Å². The molecule has 0 N–H and O–H groups in total. The van der Waals surface area contributed by atoms with Gasteiger partial charge in [0.15, 0.2) is 5.76 Å². The molecule has 0 radical (unpaired) electrons. The summed E-state index contributed by atoms with van der Waals surface area (Å²) in [5, 5.41) is 44.9. The van der Waals surface area contributed by atoms with Crippen molar-refractivity contribution in [2.45, 2.75) is 25.9 Å². The molecule has 10 aromatic rings. The number of carbonyl (C=O) groups is 3. The number of nitriles is 3. The first kappa shape index (κ1) is 68.5. The van der Waals surface area contributed by atoms with E-state index in [2.05, 4.69) is 26.8 Å². The van der Waals surface area contributed by atoms with Crippen LogP contribution in [-0.2, 0) is 26.6 Å². The number of nitrogens with zero attached hydrogens (tertiary/aromatic N) is 14. The molecule has 0 saturated carbocycles. The number of anilines is 3. The number of furan rings is 1. The monoisotopic (exact) mass is 1350 g/mol. The summed E-state index contributed by atoms with van der Waals surface area (Å²) in [6.07, 6.45) is 1.52. The zero-order valence-electron chi connectivity index (χ0n) is 55.3. The fourth-order valence-electron chi connectivity index (χ4n) is 13.0. The van der Waals surface area contributed by atoms with Gasteiger partial charge in [-0.1, -0.05) is 91.0 Å². The van der Waals surface area contributed by atoms with Crippen molar-refractivity contribution in [1.82, 2.24) is 33.3 Å². The number of aromatic nitrogens is 3. The van der Waals surface area contributed by atoms with E-state index in [4.69, 9.17) is 9.15 Å². The second-order valence-corrected chi connectivity index (χ2v) is 25.1. The quantitative estimate of drug-likeness (QED) is 0.0684. The topological polar surface area (TPSA) is 277 Å². The average Bonchev–Trinajstić information content (AvgIpc) is 1.68. The van der Waals surface area contributed by atoms with Crippen molar-refractivity contribution in [2.75, 3.05) is 121 Å². The maximum Gasteiger partial charge on any atom is 0.433 e. The number of amides is 3. The number of aryl methyl sites for hydroxylation is 4. The Morgan fingerprint density at radius 2 is 1.00 bits per heavy atom. The number of thiophene rings is 1. The normalized spacial score (nSPS) is 13.8. The molecule has 3 aliphatic heterocycles. The standard InChI is InChI=1S/C27H31N5O3.C27H24N4O2S.C20H17N5O5/c1-29(2)13-6-14-32-24-8-5-4-7-22(24)25(23(19-28)27(32)34)30-15-17-31(18-16-30)26(33)20-9-11-21(35-3)12-10-20;28-19-22-25(29-14-16-30(17-15-29)27(33)24-11-6-18-34-24)21-9-4-5-10-23(21)31(26(22)32)13-12-20-7-2-1-3-8-20;1-22-15-5-3-2-4-13(15)18(14(12-21)19(22)26)23-8-10-24(11-9-23)20(27)16-6-7-17(30-16)25(28)29/h4-5,7-12H,6,13-18H2,1-3H3;1-11,18H,12-17H2;2-7H,8-11H2,1H3. The fourth-order valence-corrected chi connectivity index (χ4v) is 13.7. The molecular weight excluding hydrogens is 1280 g/mol. The number of rotatable bonds is 15. The van der Waals surface area contributed by atoms with Gasteiger partial charge in [-0.05, 0) is 99.0 Å². The summed E-state index contributed by atoms with van der Waals surface area (Å²) in [6.45, 7) is 7.71. The minimum absolute atomic E-state index is 0.0334. The predicted molar refractivity (Wildman–Crippen MR) is 380 cm³/mol. The van der Waals surface area contributed by atoms with E-state index in [1.807, 2.05) is 156 Å². The minimum Gasteiger partial charge on any atom is -0.497 e. The van der Waals surface area contributed by atoms with Gasteiger partial charge in [0, 0.05) is 120 Å². The molecule has 3 amide bonds. The minimum atomic E-state index is -0.695. The molecule has 3 saturated heterocycles. The van der Waals surface area contributed by atoms with Crippen molar-refractivity contribution >= 4 is 84.7 Å². The highest BCUT2D eigenvalue weighted by Crippen LogP contribution is 2.34. The third kappa shape index (κ3) is 14.6. The summed E-state index contributed by atoms with van der Waals surface area (Å²) in [4.78, 5) is 102. The number of para-hydroxylation sites is 3. The largest absolute Gasteiger partial charge is 0.497 e. The highest BCUT2D eigenvalue weighted by Gasteiger charge is 2.32. The van der Waals surface area contributed by atoms with Crippen LogP contribution in [0, 0.1) is 44.1 Å². The van der Waals surface area contributed by atoms with Crippen molar-refractivity contribution in [1.29, 1.82) is 15.8 Å². The van der Waals surface area contributed by atoms with Crippen LogP contribution in [0.5, 0.6) is 5.75 Å². The van der Waals surface area contributed by atoms with E-state index in [0.29, 0.717) is 126 Å². The molecule has 0 atom stereocenters. The Kier molecular flexibility index (Phi) is 21.4. The summed E-state index contributed by atoms with van der Waals surface area (Å²) >= 11 is 1.44. The van der Waals surface area contributed by atoms with Crippen LogP contribution in [-0.4, -0.2) is 162 Å². The average molecular weight is 1350 g/mol. The summed E-state index contributed by atoms with van der Waals surface area (Å²) in [6, 6.07) is 52.6. The summed E-state index contributed by atoms with van der Waals surface area (Å²) in [5.41, 5.74) is 5.59. The highest BCUT2D eigenvalue weighted by atomic mass is 32.1. The molecule has 5 aromatic heterocycles. The Hall–Kier alpha value is -11.9. The van der Waals surface area contributed by atoms with Gasteiger partial charge in [-0.25, -0.2) is 0 Å². The second kappa shape index (κ2) is 30.9. The second-order valence-electron chi connectivity index (χ2n) is 24.2. The number of nitro groups is 1. The van der Waals surface area contributed by atoms with Crippen LogP contribution in [0.3, 0.4) is 0 Å². The number of hydrogen-bond donors (Lipinski definition) is 0. The molecule has 25 heteroatoms. The molecule has 8 heterocycles. The zero-order valence-corrected chi connectivity index (χ0v) is 56.1. The Morgan fingerprint density at radius 3 is 1.46 bits per heavy atom. The number of ether oxygens (including phenoxy) is 1. The van der Waals surface area contributed by atoms with Gasteiger partial charge in [0.05, 0.1) is 51.7 Å². The highest BCUT2D eigenvalue weighted by molar-refractivity contribution is 7.12. The molecule has 3 aliphatic rings. The van der Waals surface area contributed by atoms with Gasteiger partial charge >= 0.3 is 5.88 Å². The molecule has 0 spiro atoms. The van der Waals surface area contributed by atoms with E-state index in [1.54, 1.807) is 47.6 Å². The molecule has 504 valence electrons. The Morgan fingerprint density at radius 1 is 0.545 bits per heavy atom. The van der Waals surface area contributed by atoms with Crippen LogP contribution in [0.15, 0.2) is 176 Å². The van der Waals surface area contributed by atoms with E-state index in [0.717, 1.165) is 62.2 Å². The van der Waals surface area contributed by atoms with Gasteiger partial charge in [-0.15, -0.1) is 11.3 Å². The van der Waals surface area contributed by atoms with Gasteiger partial charge in [0.1, 0.15) is 45.6 Å². The lowest BCUT2D eigenvalue weighted by Gasteiger charge is -2.37. The third-order valence-electron chi connectivity index (χ3n) is 18.1. The van der Waals surface area contributed by atoms with Crippen molar-refractivity contribution in [3.63, 3.8) is 0 Å². The summed E-state index contributed by atoms with van der Waals surface area (Å²) in [7, 11) is 7.24. The van der Waals surface area contributed by atoms with E-state index in [-0.39, 0.29) is 50.9 Å². The first-order valence-electron chi connectivity index (χ1n) is 32.4. The van der Waals surface area contributed by atoms with Crippen molar-refractivity contribution in [3.05, 3.63) is 237 Å². The third-order valence-corrected chi connectivity index (χ3v) is 18.9. The van der Waals surface area contributed by atoms with Crippen molar-refractivity contribution < 1.29 is 28.5 Å². The predicted octanol–water partition coefficient (Wildman–Crippen LogP) is 8.81. The molecule has 3 fully saturated rings. The van der Waals surface area contributed by atoms with Gasteiger partial charge in [-0.3, -0.25) is 38.9 Å². The van der Waals surface area contributed by atoms with Gasteiger partial charge in [-0.2, -0.15) is 15.8 Å². The number of benzene rings is 5. The number of piperazine rings is 3. The van der Waals surface area contributed by atoms with Crippen LogP contribution >= 0.6 is 11.3 Å². The summed E-state index contributed by atoms with van der Waals surface area (Å²) in [5.74, 6) is -0.296. The fraction of sp³-hybridized carbons (Fsp3) is 0.284. The lowest BCUT2D eigenvalue weighted by Crippen LogP contribution is -2.49. The van der Waals surface area contributed by atoms with Crippen LogP contribution < -0.4 is 36.1 Å². The van der Waals surface area contributed by atoms with E-state index >= 15 is 0 Å². The number of pyridine rings is 3. The Bertz CT molecular complexity index is 4960. The summed E-state index contributed by atoms with van der Waals surface area (Å²) < 4.78 is 15.1. The van der Waals surface area contributed by atoms with Crippen LogP contribution in [0.25, 0.3) is 32.7 Å². The van der Waals surface area contributed by atoms with Gasteiger partial charge < -0.3 is 57.2 Å². The molecule has 5 aromatic carbocycles. The molecule has 0 unspecified atom stereocenters. The maximum atomic E-state index is 13.5. The number of fused-ring (bicyclic) bond motifs is 3. The molecular formula is C74H72N14O10S. The van der Waals surface area contributed by atoms with Gasteiger partial charge in [0.2, 0.25) is 0 Å². The zero-order chi connectivity index (χ0) is 69.9. The van der Waals surface area contributed by atoms with Gasteiger partial charge in [0.25, 0.3) is 34.4 Å². The molecule has 0 aliphatic carbocycles. The SMILES string of the molecule is COc1ccc(C(=O)N2CCN(c3c(C#N)c(=O)n(CCCN(C)C)c4ccccc34)CC2)cc1.Cn1c(=O)c(C#N)c(N2CCN(C(=O)c3ccc([N+](=O)[O-])o3)CC2)c2ccccc21.N#Cc1c(N2CCN(C(=O)c3cccs3)CC2)c2ccccc2n(CCc2ccccc2)c1=O. The first-order chi connectivity index (χ1) is 48.0. The lowest BCUT2D eigenvalue weighted by atomic mass is 10.1. The molecule has 99 heavy (non-hydrogen) atoms. The van der Waals surface area contributed by atoms with Crippen LogP contribution in [0.4, 0.5) is 22.9 Å². The van der Waals surface area contributed by atoms with Crippen LogP contribution in [0.2, 0.25) is 0 Å². The number of methoxy groups -OCH3 is 1. The Labute approximate surface area is 574 Å². The van der Waals surface area contributed by atoms with Crippen molar-refractivity contribution in [2.24, 2.45) is 7.05 Å². The molecule has 13 rings (SSSR count).